The predicted octanol–water partition coefficient (Wildman–Crippen LogP) is 4.95. The summed E-state index contributed by atoms with van der Waals surface area (Å²) in [4.78, 5) is 0. The van der Waals surface area contributed by atoms with Crippen LogP contribution in [0, 0.1) is 0 Å². The van der Waals surface area contributed by atoms with E-state index in [1.165, 1.54) is 0 Å². The number of ether oxygens (including phenoxy) is 2. The zero-order valence-electron chi connectivity index (χ0n) is 13.4. The summed E-state index contributed by atoms with van der Waals surface area (Å²) in [5.41, 5.74) is 2.19. The van der Waals surface area contributed by atoms with Crippen molar-refractivity contribution in [2.45, 2.75) is 32.1 Å². The van der Waals surface area contributed by atoms with Gasteiger partial charge in [-0.25, -0.2) is 0 Å². The maximum atomic E-state index is 6.03. The van der Waals surface area contributed by atoms with Gasteiger partial charge in [-0.05, 0) is 48.7 Å². The van der Waals surface area contributed by atoms with Crippen molar-refractivity contribution in [1.29, 1.82) is 0 Å². The van der Waals surface area contributed by atoms with Crippen LogP contribution < -0.4 is 10.1 Å². The zero-order valence-corrected chi connectivity index (χ0v) is 15.8. The average Bonchev–Trinajstić information content (AvgIpc) is 3.07. The molecule has 1 aliphatic heterocycles. The van der Waals surface area contributed by atoms with Crippen LogP contribution in [0.1, 0.15) is 24.0 Å². The summed E-state index contributed by atoms with van der Waals surface area (Å²) < 4.78 is 12.7. The van der Waals surface area contributed by atoms with Gasteiger partial charge in [0.1, 0.15) is 12.4 Å². The van der Waals surface area contributed by atoms with E-state index in [4.69, 9.17) is 21.1 Å². The third kappa shape index (κ3) is 5.21. The maximum absolute atomic E-state index is 6.03. The molecule has 3 rings (SSSR count). The third-order valence-corrected chi connectivity index (χ3v) is 4.75. The van der Waals surface area contributed by atoms with Crippen molar-refractivity contribution in [2.24, 2.45) is 0 Å². The van der Waals surface area contributed by atoms with Gasteiger partial charge in [-0.1, -0.05) is 39.7 Å². The topological polar surface area (TPSA) is 30.5 Å². The molecule has 1 fully saturated rings. The van der Waals surface area contributed by atoms with Crippen LogP contribution in [0.4, 0.5) is 0 Å². The summed E-state index contributed by atoms with van der Waals surface area (Å²) >= 11 is 9.56. The van der Waals surface area contributed by atoms with Crippen LogP contribution >= 0.6 is 27.5 Å². The molecule has 0 amide bonds. The number of hydrogen-bond donors (Lipinski definition) is 1. The van der Waals surface area contributed by atoms with Gasteiger partial charge in [0.05, 0.1) is 6.10 Å². The van der Waals surface area contributed by atoms with Crippen molar-refractivity contribution in [2.75, 3.05) is 13.2 Å². The quantitative estimate of drug-likeness (QED) is 0.700. The molecule has 1 saturated heterocycles. The molecule has 24 heavy (non-hydrogen) atoms. The van der Waals surface area contributed by atoms with E-state index in [-0.39, 0.29) is 0 Å². The summed E-state index contributed by atoms with van der Waals surface area (Å²) in [5.74, 6) is 0.887. The van der Waals surface area contributed by atoms with Gasteiger partial charge < -0.3 is 14.8 Å². The lowest BCUT2D eigenvalue weighted by Crippen LogP contribution is -2.26. The Kier molecular flexibility index (Phi) is 6.55. The molecule has 1 aliphatic rings. The third-order valence-electron chi connectivity index (χ3n) is 4.02. The number of halogens is 2. The minimum atomic E-state index is 0.341. The lowest BCUT2D eigenvalue weighted by atomic mass is 10.2. The first kappa shape index (κ1) is 17.7. The molecular weight excluding hydrogens is 390 g/mol. The molecule has 2 aromatic carbocycles. The highest BCUT2D eigenvalue weighted by Gasteiger charge is 2.15. The summed E-state index contributed by atoms with van der Waals surface area (Å²) in [6.07, 6.45) is 2.65. The SMILES string of the molecule is Clc1cccc(COc2ccc(Br)cc2CNCC2CCCO2)c1. The molecule has 5 heteroatoms. The Morgan fingerprint density at radius 1 is 1.25 bits per heavy atom. The van der Waals surface area contributed by atoms with E-state index in [9.17, 15) is 0 Å². The molecule has 2 aromatic rings. The number of benzene rings is 2. The molecule has 0 aliphatic carbocycles. The lowest BCUT2D eigenvalue weighted by Gasteiger charge is -2.15. The average molecular weight is 411 g/mol. The summed E-state index contributed by atoms with van der Waals surface area (Å²) in [6.45, 7) is 3.02. The molecule has 1 heterocycles. The fraction of sp³-hybridized carbons (Fsp3) is 0.368. The van der Waals surface area contributed by atoms with E-state index < -0.39 is 0 Å². The van der Waals surface area contributed by atoms with Crippen LogP contribution in [0.5, 0.6) is 5.75 Å². The van der Waals surface area contributed by atoms with Crippen molar-refractivity contribution in [3.05, 3.63) is 63.1 Å². The number of nitrogens with one attached hydrogen (secondary N) is 1. The smallest absolute Gasteiger partial charge is 0.124 e. The van der Waals surface area contributed by atoms with Gasteiger partial charge in [-0.3, -0.25) is 0 Å². The van der Waals surface area contributed by atoms with Gasteiger partial charge in [0.2, 0.25) is 0 Å². The highest BCUT2D eigenvalue weighted by molar-refractivity contribution is 9.10. The fourth-order valence-electron chi connectivity index (χ4n) is 2.79. The molecule has 1 atom stereocenters. The Balaban J connectivity index is 1.59. The van der Waals surface area contributed by atoms with Crippen LogP contribution in [-0.4, -0.2) is 19.3 Å². The van der Waals surface area contributed by atoms with Crippen LogP contribution in [0.15, 0.2) is 46.9 Å². The standard InChI is InChI=1S/C19H21BrClNO2/c20-16-6-7-19(24-13-14-3-1-4-17(21)9-14)15(10-16)11-22-12-18-5-2-8-23-18/h1,3-4,6-7,9-10,18,22H,2,5,8,11-13H2. The van der Waals surface area contributed by atoms with Gasteiger partial charge in [-0.2, -0.15) is 0 Å². The van der Waals surface area contributed by atoms with Crippen LogP contribution in [0.2, 0.25) is 5.02 Å². The van der Waals surface area contributed by atoms with Crippen molar-refractivity contribution < 1.29 is 9.47 Å². The lowest BCUT2D eigenvalue weighted by molar-refractivity contribution is 0.110. The largest absolute Gasteiger partial charge is 0.489 e. The zero-order chi connectivity index (χ0) is 16.8. The summed E-state index contributed by atoms with van der Waals surface area (Å²) in [6, 6.07) is 13.8. The second-order valence-corrected chi connectivity index (χ2v) is 7.29. The molecule has 128 valence electrons. The van der Waals surface area contributed by atoms with Crippen molar-refractivity contribution in [3.8, 4) is 5.75 Å². The van der Waals surface area contributed by atoms with E-state index >= 15 is 0 Å². The van der Waals surface area contributed by atoms with Crippen LogP contribution in [0.25, 0.3) is 0 Å². The molecule has 3 nitrogen and oxygen atoms in total. The first-order valence-corrected chi connectivity index (χ1v) is 9.36. The maximum Gasteiger partial charge on any atom is 0.124 e. The Labute approximate surface area is 156 Å². The second kappa shape index (κ2) is 8.86. The Morgan fingerprint density at radius 2 is 2.17 bits per heavy atom. The van der Waals surface area contributed by atoms with Crippen LogP contribution in [-0.2, 0) is 17.9 Å². The molecule has 1 unspecified atom stereocenters. The Morgan fingerprint density at radius 3 is 2.96 bits per heavy atom. The summed E-state index contributed by atoms with van der Waals surface area (Å²) in [7, 11) is 0. The van der Waals surface area contributed by atoms with E-state index in [1.807, 2.05) is 36.4 Å². The van der Waals surface area contributed by atoms with Gasteiger partial charge in [0.15, 0.2) is 0 Å². The highest BCUT2D eigenvalue weighted by atomic mass is 79.9. The number of hydrogen-bond acceptors (Lipinski definition) is 3. The first-order valence-electron chi connectivity index (χ1n) is 8.19. The van der Waals surface area contributed by atoms with Crippen molar-refractivity contribution >= 4 is 27.5 Å². The number of rotatable bonds is 7. The van der Waals surface area contributed by atoms with E-state index in [2.05, 4.69) is 27.3 Å². The molecule has 0 bridgehead atoms. The van der Waals surface area contributed by atoms with Crippen molar-refractivity contribution in [3.63, 3.8) is 0 Å². The monoisotopic (exact) mass is 409 g/mol. The summed E-state index contributed by atoms with van der Waals surface area (Å²) in [5, 5.41) is 4.20. The molecule has 0 aromatic heterocycles. The van der Waals surface area contributed by atoms with Gasteiger partial charge >= 0.3 is 0 Å². The van der Waals surface area contributed by atoms with E-state index in [1.54, 1.807) is 0 Å². The van der Waals surface area contributed by atoms with Gasteiger partial charge in [0, 0.05) is 34.8 Å². The second-order valence-electron chi connectivity index (χ2n) is 5.94. The normalized spacial score (nSPS) is 17.2. The van der Waals surface area contributed by atoms with Crippen molar-refractivity contribution in [1.82, 2.24) is 5.32 Å². The van der Waals surface area contributed by atoms with Gasteiger partial charge in [0.25, 0.3) is 0 Å². The molecule has 0 spiro atoms. The fourth-order valence-corrected chi connectivity index (χ4v) is 3.41. The minimum Gasteiger partial charge on any atom is -0.489 e. The first-order chi connectivity index (χ1) is 11.7. The molecular formula is C19H21BrClNO2. The minimum absolute atomic E-state index is 0.341. The van der Waals surface area contributed by atoms with Crippen LogP contribution in [0.3, 0.4) is 0 Å². The highest BCUT2D eigenvalue weighted by Crippen LogP contribution is 2.24. The Hall–Kier alpha value is -1.07. The molecule has 1 N–H and O–H groups in total. The Bertz CT molecular complexity index is 674. The van der Waals surface area contributed by atoms with Gasteiger partial charge in [-0.15, -0.1) is 0 Å². The predicted molar refractivity (Wildman–Crippen MR) is 101 cm³/mol. The molecule has 0 radical (unpaired) electrons. The van der Waals surface area contributed by atoms with E-state index in [0.717, 1.165) is 58.9 Å². The van der Waals surface area contributed by atoms with E-state index in [0.29, 0.717) is 12.7 Å². The molecule has 0 saturated carbocycles.